The Bertz CT molecular complexity index is 1170. The normalized spacial score (nSPS) is 10.6. The van der Waals surface area contributed by atoms with E-state index in [9.17, 15) is 26.3 Å². The topological polar surface area (TPSA) is 90.7 Å². The van der Waals surface area contributed by atoms with Crippen LogP contribution in [0.5, 0.6) is 11.5 Å². The third-order valence-electron chi connectivity index (χ3n) is 3.23. The average molecular weight is 934 g/mol. The summed E-state index contributed by atoms with van der Waals surface area (Å²) in [4.78, 5) is 7.50. The van der Waals surface area contributed by atoms with Crippen molar-refractivity contribution in [2.75, 3.05) is 0 Å². The van der Waals surface area contributed by atoms with Crippen LogP contribution < -0.4 is 9.47 Å². The van der Waals surface area contributed by atoms with Crippen molar-refractivity contribution in [1.82, 2.24) is 29.9 Å². The van der Waals surface area contributed by atoms with Crippen LogP contribution >= 0.6 is 74.8 Å². The zero-order chi connectivity index (χ0) is 28.1. The van der Waals surface area contributed by atoms with Gasteiger partial charge in [-0.05, 0) is 103 Å². The second-order valence-electron chi connectivity index (χ2n) is 5.78. The quantitative estimate of drug-likeness (QED) is 0.130. The number of aromatic amines is 1. The molecule has 2 aromatic heterocycles. The summed E-state index contributed by atoms with van der Waals surface area (Å²) < 4.78 is 81.3. The minimum atomic E-state index is -4.68. The Labute approximate surface area is 255 Å². The first-order valence-electron chi connectivity index (χ1n) is 8.87. The van der Waals surface area contributed by atoms with Crippen molar-refractivity contribution >= 4 is 74.8 Å². The monoisotopic (exact) mass is 932 g/mol. The number of aromatic nitrogens is 6. The third-order valence-corrected chi connectivity index (χ3v) is 4.70. The van der Waals surface area contributed by atoms with E-state index in [4.69, 9.17) is 0 Å². The first-order valence-corrected chi connectivity index (χ1v) is 14.6. The molecular weight excluding hydrogens is 923 g/mol. The van der Waals surface area contributed by atoms with Crippen LogP contribution in [-0.4, -0.2) is 42.7 Å². The summed E-state index contributed by atoms with van der Waals surface area (Å²) in [5.41, 5.74) is 0.581. The van der Waals surface area contributed by atoms with Crippen LogP contribution in [0.2, 0.25) is 0 Å². The molecule has 19 heteroatoms. The van der Waals surface area contributed by atoms with Gasteiger partial charge in [0.15, 0.2) is 4.73 Å². The number of ether oxygens (including phenoxy) is 2. The summed E-state index contributed by atoms with van der Waals surface area (Å²) in [6.45, 7) is 0. The minimum absolute atomic E-state index is 0.192. The van der Waals surface area contributed by atoms with E-state index in [-0.39, 0.29) is 11.5 Å². The molecule has 0 aliphatic rings. The van der Waals surface area contributed by atoms with Gasteiger partial charge in [-0.1, -0.05) is 0 Å². The summed E-state index contributed by atoms with van der Waals surface area (Å²) in [6, 6.07) is 10.9. The van der Waals surface area contributed by atoms with Crippen LogP contribution in [0.4, 0.5) is 26.3 Å². The first kappa shape index (κ1) is 33.9. The Kier molecular flexibility index (Phi) is 15.3. The van der Waals surface area contributed by atoms with Gasteiger partial charge in [-0.15, -0.1) is 31.4 Å². The van der Waals surface area contributed by atoms with Crippen molar-refractivity contribution in [2.45, 2.75) is 12.7 Å². The van der Waals surface area contributed by atoms with Gasteiger partial charge in [-0.3, -0.25) is 5.10 Å². The van der Waals surface area contributed by atoms with E-state index in [1.807, 2.05) is 22.6 Å². The van der Waals surface area contributed by atoms with E-state index in [1.165, 1.54) is 53.7 Å². The maximum atomic E-state index is 11.9. The van der Waals surface area contributed by atoms with Crippen LogP contribution in [0, 0.1) is 3.57 Å². The second kappa shape index (κ2) is 16.7. The SMILES string of the molecule is Brc1ncn[nH]1.FC(F)(F)Oc1ccc(-n2cnc(Br)n2)cc1.FC(F)(F)Oc1ccc(I)cc1.[Cu][I]. The van der Waals surface area contributed by atoms with Gasteiger partial charge in [0.2, 0.25) is 4.73 Å². The average Bonchev–Trinajstić information content (AvgIpc) is 3.47. The van der Waals surface area contributed by atoms with E-state index >= 15 is 0 Å². The molecule has 0 saturated carbocycles. The van der Waals surface area contributed by atoms with Crippen LogP contribution in [0.15, 0.2) is 70.7 Å². The van der Waals surface area contributed by atoms with Crippen LogP contribution in [0.1, 0.15) is 0 Å². The Morgan fingerprint density at radius 3 is 1.62 bits per heavy atom. The van der Waals surface area contributed by atoms with E-state index in [0.717, 1.165) is 3.57 Å². The van der Waals surface area contributed by atoms with Crippen LogP contribution in [0.3, 0.4) is 0 Å². The summed E-state index contributed by atoms with van der Waals surface area (Å²) in [5.74, 6) is -0.469. The number of alkyl halides is 6. The van der Waals surface area contributed by atoms with Crippen LogP contribution in [-0.2, 0) is 12.8 Å². The fourth-order valence-corrected chi connectivity index (χ4v) is 2.81. The number of hydrogen-bond acceptors (Lipinski definition) is 6. The van der Waals surface area contributed by atoms with E-state index < -0.39 is 12.7 Å². The molecule has 0 spiro atoms. The summed E-state index contributed by atoms with van der Waals surface area (Å²) in [5, 5.41) is 10.0. The molecule has 2 heterocycles. The number of nitrogens with one attached hydrogen (secondary N) is 1. The van der Waals surface area contributed by atoms with E-state index in [2.05, 4.69) is 79.4 Å². The Balaban J connectivity index is 0.000000296. The van der Waals surface area contributed by atoms with Crippen molar-refractivity contribution in [1.29, 1.82) is 0 Å². The van der Waals surface area contributed by atoms with Crippen molar-refractivity contribution in [3.8, 4) is 17.2 Å². The standard InChI is InChI=1S/C9H5BrF3N3O.C7H4F3IO.C2H2BrN3.Cu.HI/c10-8-14-5-16(15-8)6-1-3-7(4-2-6)17-9(11,12)13;8-7(9,10)12-6-3-1-5(11)2-4-6;3-2-4-1-5-6-2;;/h1-5H;1-4H;1H,(H,4,5,6);;1H/q;;;+1;/p-1. The van der Waals surface area contributed by atoms with Crippen molar-refractivity contribution < 1.29 is 48.6 Å². The molecule has 2 aromatic carbocycles. The van der Waals surface area contributed by atoms with Crippen molar-refractivity contribution in [3.05, 3.63) is 74.2 Å². The van der Waals surface area contributed by atoms with Gasteiger partial charge in [0.25, 0.3) is 0 Å². The molecule has 37 heavy (non-hydrogen) atoms. The van der Waals surface area contributed by atoms with Gasteiger partial charge in [0.1, 0.15) is 24.2 Å². The number of halogens is 10. The van der Waals surface area contributed by atoms with Crippen LogP contribution in [0.25, 0.3) is 5.69 Å². The number of rotatable bonds is 3. The predicted molar refractivity (Wildman–Crippen MR) is 140 cm³/mol. The molecule has 0 unspecified atom stereocenters. The van der Waals surface area contributed by atoms with Gasteiger partial charge in [-0.2, -0.15) is 5.10 Å². The molecule has 206 valence electrons. The fraction of sp³-hybridized carbons (Fsp3) is 0.111. The molecule has 1 N–H and O–H groups in total. The predicted octanol–water partition coefficient (Wildman–Crippen LogP) is 7.57. The number of benzene rings is 2. The van der Waals surface area contributed by atoms with Crippen molar-refractivity contribution in [2.24, 2.45) is 0 Å². The van der Waals surface area contributed by atoms with Gasteiger partial charge >= 0.3 is 45.8 Å². The van der Waals surface area contributed by atoms with Gasteiger partial charge in [-0.25, -0.2) is 14.6 Å². The Morgan fingerprint density at radius 1 is 0.811 bits per heavy atom. The van der Waals surface area contributed by atoms with E-state index in [0.29, 0.717) is 15.2 Å². The van der Waals surface area contributed by atoms with Crippen molar-refractivity contribution in [3.63, 3.8) is 0 Å². The number of H-pyrrole nitrogens is 1. The molecule has 0 radical (unpaired) electrons. The molecule has 0 aliphatic carbocycles. The fourth-order valence-electron chi connectivity index (χ4n) is 1.99. The maximum absolute atomic E-state index is 11.9. The summed E-state index contributed by atoms with van der Waals surface area (Å²) >= 11 is 14.0. The summed E-state index contributed by atoms with van der Waals surface area (Å²) in [7, 11) is 0. The molecule has 0 bridgehead atoms. The second-order valence-corrected chi connectivity index (χ2v) is 8.48. The molecule has 0 amide bonds. The molecule has 0 aliphatic heterocycles. The van der Waals surface area contributed by atoms with Gasteiger partial charge < -0.3 is 9.47 Å². The molecular formula is C18H11Br2CuF6I2N6O2. The molecule has 4 rings (SSSR count). The molecule has 0 atom stereocenters. The molecule has 4 aromatic rings. The first-order chi connectivity index (χ1) is 17.3. The third kappa shape index (κ3) is 15.8. The number of nitrogens with zero attached hydrogens (tertiary/aromatic N) is 5. The van der Waals surface area contributed by atoms with E-state index in [1.54, 1.807) is 32.5 Å². The number of hydrogen-bond donors (Lipinski definition) is 1. The summed E-state index contributed by atoms with van der Waals surface area (Å²) in [6.07, 6.45) is -6.42. The molecule has 8 nitrogen and oxygen atoms in total. The zero-order valence-corrected chi connectivity index (χ0v) is 25.8. The Hall–Kier alpha value is -1.16. The molecule has 0 saturated heterocycles. The van der Waals surface area contributed by atoms with Gasteiger partial charge in [0, 0.05) is 3.57 Å². The Morgan fingerprint density at radius 2 is 1.30 bits per heavy atom. The van der Waals surface area contributed by atoms with Gasteiger partial charge in [0.05, 0.1) is 5.69 Å². The zero-order valence-electron chi connectivity index (χ0n) is 17.4. The molecule has 0 fully saturated rings.